The maximum atomic E-state index is 13.7. The number of aromatic nitrogens is 2. The van der Waals surface area contributed by atoms with Gasteiger partial charge in [-0.1, -0.05) is 17.7 Å². The van der Waals surface area contributed by atoms with Gasteiger partial charge < -0.3 is 10.3 Å². The summed E-state index contributed by atoms with van der Waals surface area (Å²) in [6.45, 7) is 3.95. The Hall–Kier alpha value is -1.55. The van der Waals surface area contributed by atoms with Gasteiger partial charge in [0, 0.05) is 6.04 Å². The van der Waals surface area contributed by atoms with Crippen LogP contribution in [0.5, 0.6) is 0 Å². The van der Waals surface area contributed by atoms with Gasteiger partial charge in [-0.15, -0.1) is 0 Å². The third-order valence-electron chi connectivity index (χ3n) is 2.59. The SMILES string of the molecule is CC(C)n1cnc(-c2c(F)cccc2Cl)c1N. The summed E-state index contributed by atoms with van der Waals surface area (Å²) in [5.74, 6) is 0.00482. The molecule has 0 aliphatic heterocycles. The van der Waals surface area contributed by atoms with Gasteiger partial charge in [-0.05, 0) is 26.0 Å². The van der Waals surface area contributed by atoms with Crippen LogP contribution in [0.25, 0.3) is 11.3 Å². The van der Waals surface area contributed by atoms with Crippen molar-refractivity contribution in [3.8, 4) is 11.3 Å². The Morgan fingerprint density at radius 3 is 2.65 bits per heavy atom. The molecule has 0 spiro atoms. The Balaban J connectivity index is 2.62. The van der Waals surface area contributed by atoms with Crippen molar-refractivity contribution in [2.75, 3.05) is 5.73 Å². The van der Waals surface area contributed by atoms with E-state index in [-0.39, 0.29) is 11.6 Å². The minimum absolute atomic E-state index is 0.168. The summed E-state index contributed by atoms with van der Waals surface area (Å²) in [6, 6.07) is 4.68. The number of anilines is 1. The summed E-state index contributed by atoms with van der Waals surface area (Å²) >= 11 is 5.98. The Morgan fingerprint density at radius 2 is 2.12 bits per heavy atom. The van der Waals surface area contributed by atoms with E-state index in [1.807, 2.05) is 13.8 Å². The molecule has 2 aromatic rings. The van der Waals surface area contributed by atoms with Gasteiger partial charge in [0.15, 0.2) is 0 Å². The Bertz CT molecular complexity index is 528. The van der Waals surface area contributed by atoms with Crippen LogP contribution in [-0.2, 0) is 0 Å². The molecule has 3 nitrogen and oxygen atoms in total. The number of imidazole rings is 1. The van der Waals surface area contributed by atoms with Gasteiger partial charge in [0.1, 0.15) is 17.3 Å². The second-order valence-corrected chi connectivity index (χ2v) is 4.48. The number of hydrogen-bond acceptors (Lipinski definition) is 2. The highest BCUT2D eigenvalue weighted by Crippen LogP contribution is 2.33. The predicted molar refractivity (Wildman–Crippen MR) is 67.4 cm³/mol. The van der Waals surface area contributed by atoms with Crippen molar-refractivity contribution in [2.24, 2.45) is 0 Å². The average Bonchev–Trinajstić information content (AvgIpc) is 2.61. The van der Waals surface area contributed by atoms with Crippen molar-refractivity contribution in [3.05, 3.63) is 35.4 Å². The highest BCUT2D eigenvalue weighted by Gasteiger charge is 2.17. The lowest BCUT2D eigenvalue weighted by atomic mass is 10.1. The summed E-state index contributed by atoms with van der Waals surface area (Å²) < 4.78 is 15.5. The first-order valence-corrected chi connectivity index (χ1v) is 5.67. The van der Waals surface area contributed by atoms with Crippen molar-refractivity contribution >= 4 is 17.4 Å². The van der Waals surface area contributed by atoms with Crippen molar-refractivity contribution < 1.29 is 4.39 Å². The van der Waals surface area contributed by atoms with Crippen LogP contribution in [0.3, 0.4) is 0 Å². The second-order valence-electron chi connectivity index (χ2n) is 4.08. The van der Waals surface area contributed by atoms with Gasteiger partial charge >= 0.3 is 0 Å². The fourth-order valence-corrected chi connectivity index (χ4v) is 1.95. The summed E-state index contributed by atoms with van der Waals surface area (Å²) in [5, 5.41) is 0.311. The molecule has 0 amide bonds. The van der Waals surface area contributed by atoms with Crippen LogP contribution in [0.1, 0.15) is 19.9 Å². The molecule has 1 aromatic carbocycles. The molecule has 0 saturated carbocycles. The molecule has 0 saturated heterocycles. The lowest BCUT2D eigenvalue weighted by Gasteiger charge is -2.09. The van der Waals surface area contributed by atoms with Gasteiger partial charge in [-0.2, -0.15) is 0 Å². The maximum Gasteiger partial charge on any atom is 0.134 e. The van der Waals surface area contributed by atoms with Gasteiger partial charge in [-0.25, -0.2) is 9.37 Å². The normalized spacial score (nSPS) is 11.1. The third kappa shape index (κ3) is 2.00. The molecular formula is C12H13ClFN3. The van der Waals surface area contributed by atoms with Crippen molar-refractivity contribution in [3.63, 3.8) is 0 Å². The van der Waals surface area contributed by atoms with Crippen LogP contribution < -0.4 is 5.73 Å². The summed E-state index contributed by atoms with van der Waals surface area (Å²) in [5.41, 5.74) is 6.60. The monoisotopic (exact) mass is 253 g/mol. The molecule has 1 heterocycles. The van der Waals surface area contributed by atoms with Crippen LogP contribution >= 0.6 is 11.6 Å². The average molecular weight is 254 g/mol. The van der Waals surface area contributed by atoms with Crippen LogP contribution in [0.4, 0.5) is 10.2 Å². The molecular weight excluding hydrogens is 241 g/mol. The van der Waals surface area contributed by atoms with Crippen LogP contribution in [0, 0.1) is 5.82 Å². The van der Waals surface area contributed by atoms with E-state index in [4.69, 9.17) is 17.3 Å². The number of benzene rings is 1. The van der Waals surface area contributed by atoms with E-state index in [1.165, 1.54) is 6.07 Å². The minimum atomic E-state index is -0.418. The number of halogens is 2. The van der Waals surface area contributed by atoms with Crippen LogP contribution in [-0.4, -0.2) is 9.55 Å². The number of nitrogen functional groups attached to an aromatic ring is 1. The van der Waals surface area contributed by atoms with E-state index >= 15 is 0 Å². The molecule has 2 N–H and O–H groups in total. The van der Waals surface area contributed by atoms with Gasteiger partial charge in [0.2, 0.25) is 0 Å². The maximum absolute atomic E-state index is 13.7. The molecule has 17 heavy (non-hydrogen) atoms. The van der Waals surface area contributed by atoms with E-state index in [9.17, 15) is 4.39 Å². The van der Waals surface area contributed by atoms with Crippen molar-refractivity contribution in [1.29, 1.82) is 0 Å². The molecule has 0 unspecified atom stereocenters. The number of hydrogen-bond donors (Lipinski definition) is 1. The zero-order valence-electron chi connectivity index (χ0n) is 9.61. The highest BCUT2D eigenvalue weighted by atomic mass is 35.5. The zero-order chi connectivity index (χ0) is 12.6. The predicted octanol–water partition coefficient (Wildman–Crippen LogP) is 3.51. The molecule has 0 radical (unpaired) electrons. The Labute approximate surface area is 104 Å². The topological polar surface area (TPSA) is 43.8 Å². The first-order valence-electron chi connectivity index (χ1n) is 5.29. The molecule has 90 valence electrons. The number of rotatable bonds is 2. The van der Waals surface area contributed by atoms with E-state index in [2.05, 4.69) is 4.98 Å². The van der Waals surface area contributed by atoms with Crippen LogP contribution in [0.2, 0.25) is 5.02 Å². The number of nitrogens with two attached hydrogens (primary N) is 1. The standard InChI is InChI=1S/C12H13ClFN3/c1-7(2)17-6-16-11(12(17)15)10-8(13)4-3-5-9(10)14/h3-7H,15H2,1-2H3. The largest absolute Gasteiger partial charge is 0.383 e. The first kappa shape index (κ1) is 11.9. The highest BCUT2D eigenvalue weighted by molar-refractivity contribution is 6.33. The molecule has 2 rings (SSSR count). The third-order valence-corrected chi connectivity index (χ3v) is 2.90. The number of nitrogens with zero attached hydrogens (tertiary/aromatic N) is 2. The first-order chi connectivity index (χ1) is 8.02. The fourth-order valence-electron chi connectivity index (χ4n) is 1.70. The van der Waals surface area contributed by atoms with Gasteiger partial charge in [0.05, 0.1) is 16.9 Å². The minimum Gasteiger partial charge on any atom is -0.383 e. The molecule has 5 heteroatoms. The molecule has 1 aromatic heterocycles. The smallest absolute Gasteiger partial charge is 0.134 e. The Morgan fingerprint density at radius 1 is 1.41 bits per heavy atom. The molecule has 0 atom stereocenters. The van der Waals surface area contributed by atoms with Gasteiger partial charge in [-0.3, -0.25) is 0 Å². The van der Waals surface area contributed by atoms with Crippen LogP contribution in [0.15, 0.2) is 24.5 Å². The fraction of sp³-hybridized carbons (Fsp3) is 0.250. The summed E-state index contributed by atoms with van der Waals surface area (Å²) in [6.07, 6.45) is 1.60. The molecule has 0 fully saturated rings. The Kier molecular flexibility index (Phi) is 3.07. The van der Waals surface area contributed by atoms with Crippen molar-refractivity contribution in [2.45, 2.75) is 19.9 Å². The zero-order valence-corrected chi connectivity index (χ0v) is 10.4. The lowest BCUT2D eigenvalue weighted by molar-refractivity contribution is 0.607. The molecule has 0 bridgehead atoms. The molecule has 0 aliphatic carbocycles. The van der Waals surface area contributed by atoms with Gasteiger partial charge in [0.25, 0.3) is 0 Å². The summed E-state index contributed by atoms with van der Waals surface area (Å²) in [7, 11) is 0. The van der Waals surface area contributed by atoms with E-state index in [1.54, 1.807) is 23.0 Å². The summed E-state index contributed by atoms with van der Waals surface area (Å²) in [4.78, 5) is 4.14. The van der Waals surface area contributed by atoms with Crippen molar-refractivity contribution in [1.82, 2.24) is 9.55 Å². The quantitative estimate of drug-likeness (QED) is 0.890. The van der Waals surface area contributed by atoms with E-state index < -0.39 is 5.82 Å². The van der Waals surface area contributed by atoms with E-state index in [0.717, 1.165) is 0 Å². The van der Waals surface area contributed by atoms with E-state index in [0.29, 0.717) is 16.5 Å². The second kappa shape index (κ2) is 4.37. The lowest BCUT2D eigenvalue weighted by Crippen LogP contribution is -2.04. The molecule has 0 aliphatic rings.